The van der Waals surface area contributed by atoms with E-state index in [4.69, 9.17) is 0 Å². The van der Waals surface area contributed by atoms with Gasteiger partial charge >= 0.3 is 0 Å². The van der Waals surface area contributed by atoms with Gasteiger partial charge in [-0.05, 0) is 75.9 Å². The number of fused-ring (bicyclic) bond motifs is 2. The number of para-hydroxylation sites is 3. The van der Waals surface area contributed by atoms with E-state index in [1.807, 2.05) is 42.5 Å². The third kappa shape index (κ3) is 8.43. The van der Waals surface area contributed by atoms with Crippen molar-refractivity contribution >= 4 is 21.8 Å². The van der Waals surface area contributed by atoms with E-state index in [0.29, 0.717) is 6.04 Å². The van der Waals surface area contributed by atoms with Gasteiger partial charge in [0.25, 0.3) is 0 Å². The number of hydrogen-bond acceptors (Lipinski definition) is 0. The number of rotatable bonds is 2. The average molecular weight is 601 g/mol. The Morgan fingerprint density at radius 1 is 0.478 bits per heavy atom. The van der Waals surface area contributed by atoms with Gasteiger partial charge in [0.05, 0.1) is 11.6 Å². The third-order valence-corrected chi connectivity index (χ3v) is 8.02. The minimum absolute atomic E-state index is 0.477. The summed E-state index contributed by atoms with van der Waals surface area (Å²) in [7, 11) is 0. The van der Waals surface area contributed by atoms with Crippen LogP contribution in [0.1, 0.15) is 35.0 Å². The van der Waals surface area contributed by atoms with Gasteiger partial charge in [-0.2, -0.15) is 0 Å². The molecule has 2 aromatic heterocycles. The Hall–Kier alpha value is -5.34. The second-order valence-corrected chi connectivity index (χ2v) is 11.7. The Kier molecular flexibility index (Phi) is 11.2. The van der Waals surface area contributed by atoms with Crippen LogP contribution in [0.5, 0.6) is 0 Å². The molecule has 2 nitrogen and oxygen atoms in total. The number of aromatic nitrogens is 2. The maximum atomic E-state index is 2.43. The lowest BCUT2D eigenvalue weighted by atomic mass is 10.1. The lowest BCUT2D eigenvalue weighted by molar-refractivity contribution is 0.614. The van der Waals surface area contributed by atoms with Crippen molar-refractivity contribution in [1.82, 2.24) is 9.13 Å². The van der Waals surface area contributed by atoms with Crippen LogP contribution in [0, 0.1) is 27.7 Å². The molecular weight excluding hydrogens is 556 g/mol. The van der Waals surface area contributed by atoms with Gasteiger partial charge in [0, 0.05) is 28.0 Å². The van der Waals surface area contributed by atoms with Gasteiger partial charge in [-0.1, -0.05) is 151 Å². The quantitative estimate of drug-likeness (QED) is 0.187. The highest BCUT2D eigenvalue weighted by Gasteiger charge is 2.13. The molecule has 46 heavy (non-hydrogen) atoms. The molecule has 5 aromatic carbocycles. The summed E-state index contributed by atoms with van der Waals surface area (Å²) in [5, 5.41) is 2.63. The lowest BCUT2D eigenvalue weighted by Gasteiger charge is -2.18. The van der Waals surface area contributed by atoms with E-state index < -0.39 is 0 Å². The standard InChI is InChI=1S/C15H15N.C15H13N.2C7H8/c2*1-12-11-13-7-5-6-10-15(13)16(12)14-8-3-2-4-9-14;2*1-7-5-3-2-4-6-7/h2-8,10-11,14H,9H2,1H3;2-11H,1H3;2*2-6H,1H3. The average Bonchev–Trinajstić information content (AvgIpc) is 3.62. The molecule has 0 aliphatic heterocycles. The van der Waals surface area contributed by atoms with E-state index in [-0.39, 0.29) is 0 Å². The van der Waals surface area contributed by atoms with Crippen LogP contribution in [0.4, 0.5) is 0 Å². The van der Waals surface area contributed by atoms with Gasteiger partial charge in [0.1, 0.15) is 0 Å². The zero-order valence-corrected chi connectivity index (χ0v) is 27.4. The van der Waals surface area contributed by atoms with Crippen LogP contribution in [-0.2, 0) is 0 Å². The molecule has 0 spiro atoms. The molecule has 0 saturated heterocycles. The van der Waals surface area contributed by atoms with Crippen molar-refractivity contribution in [2.75, 3.05) is 0 Å². The zero-order valence-electron chi connectivity index (χ0n) is 27.4. The van der Waals surface area contributed by atoms with Crippen LogP contribution >= 0.6 is 0 Å². The summed E-state index contributed by atoms with van der Waals surface area (Å²) in [6, 6.07) is 53.0. The normalized spacial score (nSPS) is 13.2. The fraction of sp³-hybridized carbons (Fsp3) is 0.136. The van der Waals surface area contributed by atoms with Gasteiger partial charge in [0.2, 0.25) is 0 Å². The molecule has 230 valence electrons. The molecule has 2 heteroatoms. The summed E-state index contributed by atoms with van der Waals surface area (Å²) in [4.78, 5) is 0. The monoisotopic (exact) mass is 600 g/mol. The molecule has 0 saturated carbocycles. The molecule has 1 aliphatic carbocycles. The molecule has 1 aliphatic rings. The predicted molar refractivity (Wildman–Crippen MR) is 199 cm³/mol. The van der Waals surface area contributed by atoms with Crippen molar-refractivity contribution in [3.05, 3.63) is 198 Å². The number of aryl methyl sites for hydroxylation is 4. The summed E-state index contributed by atoms with van der Waals surface area (Å²) >= 11 is 0. The summed E-state index contributed by atoms with van der Waals surface area (Å²) < 4.78 is 4.71. The SMILES string of the molecule is Cc1cc2ccccc2n1-c1ccccc1.Cc1cc2ccccc2n1C1C=CC=CC1.Cc1ccccc1.Cc1ccccc1. The predicted octanol–water partition coefficient (Wildman–Crippen LogP) is 11.9. The molecule has 2 heterocycles. The van der Waals surface area contributed by atoms with Crippen molar-refractivity contribution in [1.29, 1.82) is 0 Å². The molecule has 7 aromatic rings. The number of nitrogens with zero attached hydrogens (tertiary/aromatic N) is 2. The van der Waals surface area contributed by atoms with E-state index in [2.05, 4.69) is 170 Å². The number of benzene rings is 5. The molecule has 0 radical (unpaired) electrons. The summed E-state index contributed by atoms with van der Waals surface area (Å²) in [5.41, 5.74) is 9.08. The minimum atomic E-state index is 0.477. The molecule has 0 fully saturated rings. The first-order chi connectivity index (χ1) is 22.5. The smallest absolute Gasteiger partial charge is 0.0556 e. The van der Waals surface area contributed by atoms with Crippen LogP contribution in [-0.4, -0.2) is 9.13 Å². The van der Waals surface area contributed by atoms with Crippen LogP contribution in [0.3, 0.4) is 0 Å². The Bertz CT molecular complexity index is 1950. The van der Waals surface area contributed by atoms with Gasteiger partial charge in [-0.3, -0.25) is 0 Å². The lowest BCUT2D eigenvalue weighted by Crippen LogP contribution is -2.08. The number of allylic oxidation sites excluding steroid dienone is 4. The number of hydrogen-bond donors (Lipinski definition) is 0. The van der Waals surface area contributed by atoms with E-state index in [0.717, 1.165) is 6.42 Å². The van der Waals surface area contributed by atoms with Crippen LogP contribution in [0.15, 0.2) is 176 Å². The maximum Gasteiger partial charge on any atom is 0.0556 e. The highest BCUT2D eigenvalue weighted by atomic mass is 15.0. The third-order valence-electron chi connectivity index (χ3n) is 8.02. The molecule has 0 amide bonds. The Morgan fingerprint density at radius 3 is 1.48 bits per heavy atom. The zero-order chi connectivity index (χ0) is 32.1. The fourth-order valence-electron chi connectivity index (χ4n) is 5.79. The van der Waals surface area contributed by atoms with Gasteiger partial charge < -0.3 is 9.13 Å². The second kappa shape index (κ2) is 16.1. The van der Waals surface area contributed by atoms with Crippen molar-refractivity contribution < 1.29 is 0 Å². The topological polar surface area (TPSA) is 9.86 Å². The summed E-state index contributed by atoms with van der Waals surface area (Å²) in [6.45, 7) is 8.50. The first-order valence-corrected chi connectivity index (χ1v) is 16.1. The minimum Gasteiger partial charge on any atom is -0.338 e. The molecular formula is C44H44N2. The Labute approximate surface area is 274 Å². The molecule has 0 bridgehead atoms. The Balaban J connectivity index is 0.000000130. The van der Waals surface area contributed by atoms with E-state index >= 15 is 0 Å². The van der Waals surface area contributed by atoms with E-state index in [1.54, 1.807) is 0 Å². The van der Waals surface area contributed by atoms with Crippen LogP contribution in [0.25, 0.3) is 27.5 Å². The highest BCUT2D eigenvalue weighted by molar-refractivity contribution is 5.83. The van der Waals surface area contributed by atoms with Crippen LogP contribution in [0.2, 0.25) is 0 Å². The van der Waals surface area contributed by atoms with E-state index in [1.165, 1.54) is 50.0 Å². The first-order valence-electron chi connectivity index (χ1n) is 16.1. The second-order valence-electron chi connectivity index (χ2n) is 11.7. The molecule has 0 N–H and O–H groups in total. The van der Waals surface area contributed by atoms with Crippen molar-refractivity contribution in [2.24, 2.45) is 0 Å². The van der Waals surface area contributed by atoms with Gasteiger partial charge in [-0.15, -0.1) is 0 Å². The fourth-order valence-corrected chi connectivity index (χ4v) is 5.79. The van der Waals surface area contributed by atoms with Crippen LogP contribution < -0.4 is 0 Å². The largest absolute Gasteiger partial charge is 0.338 e. The molecule has 8 rings (SSSR count). The molecule has 1 unspecified atom stereocenters. The first kappa shape index (κ1) is 32.1. The highest BCUT2D eigenvalue weighted by Crippen LogP contribution is 2.28. The maximum absolute atomic E-state index is 2.43. The van der Waals surface area contributed by atoms with Crippen molar-refractivity contribution in [3.63, 3.8) is 0 Å². The van der Waals surface area contributed by atoms with Crippen molar-refractivity contribution in [3.8, 4) is 5.69 Å². The van der Waals surface area contributed by atoms with Crippen molar-refractivity contribution in [2.45, 2.75) is 40.2 Å². The van der Waals surface area contributed by atoms with Gasteiger partial charge in [-0.25, -0.2) is 0 Å². The van der Waals surface area contributed by atoms with Gasteiger partial charge in [0.15, 0.2) is 0 Å². The summed E-state index contributed by atoms with van der Waals surface area (Å²) in [6.07, 6.45) is 9.87. The Morgan fingerprint density at radius 2 is 0.957 bits per heavy atom. The van der Waals surface area contributed by atoms with E-state index in [9.17, 15) is 0 Å². The summed E-state index contributed by atoms with van der Waals surface area (Å²) in [5.74, 6) is 0. The molecule has 1 atom stereocenters.